The number of nitrogens with two attached hydrogens (primary N) is 1. The van der Waals surface area contributed by atoms with E-state index in [1.54, 1.807) is 6.07 Å². The molecule has 0 unspecified atom stereocenters. The lowest BCUT2D eigenvalue weighted by Crippen LogP contribution is -2.26. The van der Waals surface area contributed by atoms with Crippen LogP contribution in [0.3, 0.4) is 0 Å². The molecule has 1 heterocycles. The second kappa shape index (κ2) is 4.24. The Kier molecular flexibility index (Phi) is 2.83. The minimum Gasteiger partial charge on any atom is -0.486 e. The van der Waals surface area contributed by atoms with E-state index in [9.17, 15) is 4.79 Å². The van der Waals surface area contributed by atoms with Gasteiger partial charge in [-0.1, -0.05) is 15.9 Å². The Hall–Kier alpha value is -1.07. The van der Waals surface area contributed by atoms with E-state index in [0.29, 0.717) is 30.3 Å². The van der Waals surface area contributed by atoms with Gasteiger partial charge < -0.3 is 15.2 Å². The van der Waals surface area contributed by atoms with Gasteiger partial charge in [0.25, 0.3) is 0 Å². The van der Waals surface area contributed by atoms with E-state index < -0.39 is 0 Å². The van der Waals surface area contributed by atoms with Crippen molar-refractivity contribution >= 4 is 22.2 Å². The van der Waals surface area contributed by atoms with E-state index in [-0.39, 0.29) is 5.54 Å². The van der Waals surface area contributed by atoms with E-state index in [2.05, 4.69) is 15.9 Å². The van der Waals surface area contributed by atoms with Crippen LogP contribution in [0, 0.1) is 0 Å². The Balaban J connectivity index is 2.09. The van der Waals surface area contributed by atoms with Gasteiger partial charge in [0.15, 0.2) is 17.8 Å². The molecule has 1 aromatic carbocycles. The number of fused-ring (bicyclic) bond motifs is 1. The highest BCUT2D eigenvalue weighted by atomic mass is 79.9. The fraction of sp³-hybridized carbons (Fsp3) is 0.462. The summed E-state index contributed by atoms with van der Waals surface area (Å²) in [5, 5.41) is 0. The Bertz CT molecular complexity index is 511. The number of rotatable bonds is 3. The summed E-state index contributed by atoms with van der Waals surface area (Å²) in [5.41, 5.74) is 7.58. The number of ether oxygens (including phenoxy) is 2. The fourth-order valence-corrected chi connectivity index (χ4v) is 2.76. The molecule has 1 saturated carbocycles. The van der Waals surface area contributed by atoms with E-state index >= 15 is 0 Å². The third-order valence-electron chi connectivity index (χ3n) is 3.44. The normalized spacial score (nSPS) is 19.4. The second-order valence-corrected chi connectivity index (χ2v) is 5.79. The van der Waals surface area contributed by atoms with Crippen LogP contribution in [0.15, 0.2) is 10.5 Å². The van der Waals surface area contributed by atoms with Crippen LogP contribution < -0.4 is 15.2 Å². The first kappa shape index (κ1) is 12.0. The van der Waals surface area contributed by atoms with Crippen molar-refractivity contribution in [2.45, 2.75) is 24.8 Å². The molecule has 1 aromatic rings. The fourth-order valence-electron chi connectivity index (χ4n) is 2.20. The van der Waals surface area contributed by atoms with Crippen LogP contribution in [0.25, 0.3) is 0 Å². The van der Waals surface area contributed by atoms with E-state index in [0.717, 1.165) is 35.6 Å². The Morgan fingerprint density at radius 3 is 2.61 bits per heavy atom. The quantitative estimate of drug-likeness (QED) is 0.868. The van der Waals surface area contributed by atoms with Crippen molar-refractivity contribution in [3.8, 4) is 11.5 Å². The van der Waals surface area contributed by atoms with E-state index in [4.69, 9.17) is 15.2 Å². The molecule has 1 aliphatic carbocycles. The van der Waals surface area contributed by atoms with Crippen molar-refractivity contribution in [1.29, 1.82) is 0 Å². The van der Waals surface area contributed by atoms with Gasteiger partial charge in [0.2, 0.25) is 0 Å². The molecule has 0 saturated heterocycles. The number of halogens is 1. The Morgan fingerprint density at radius 1 is 1.33 bits per heavy atom. The SMILES string of the molecule is NC1(Cc2c(Br)cc(C=O)c3c2OCCO3)CC1. The number of aldehydes is 1. The predicted molar refractivity (Wildman–Crippen MR) is 70.4 cm³/mol. The van der Waals surface area contributed by atoms with Crippen LogP contribution in [0.5, 0.6) is 11.5 Å². The average Bonchev–Trinajstić information content (AvgIpc) is 3.10. The molecule has 18 heavy (non-hydrogen) atoms. The van der Waals surface area contributed by atoms with Gasteiger partial charge >= 0.3 is 0 Å². The highest BCUT2D eigenvalue weighted by molar-refractivity contribution is 9.10. The minimum atomic E-state index is -0.111. The smallest absolute Gasteiger partial charge is 0.172 e. The number of hydrogen-bond donors (Lipinski definition) is 1. The molecule has 0 bridgehead atoms. The molecule has 0 atom stereocenters. The van der Waals surface area contributed by atoms with E-state index in [1.165, 1.54) is 0 Å². The first-order chi connectivity index (χ1) is 8.63. The van der Waals surface area contributed by atoms with Gasteiger partial charge in [-0.2, -0.15) is 0 Å². The van der Waals surface area contributed by atoms with Crippen molar-refractivity contribution in [1.82, 2.24) is 0 Å². The Labute approximate surface area is 114 Å². The summed E-state index contributed by atoms with van der Waals surface area (Å²) >= 11 is 3.50. The first-order valence-electron chi connectivity index (χ1n) is 5.98. The van der Waals surface area contributed by atoms with Gasteiger partial charge in [-0.3, -0.25) is 4.79 Å². The van der Waals surface area contributed by atoms with E-state index in [1.807, 2.05) is 0 Å². The topological polar surface area (TPSA) is 61.6 Å². The zero-order valence-electron chi connectivity index (χ0n) is 9.87. The number of benzene rings is 1. The predicted octanol–water partition coefficient (Wildman–Crippen LogP) is 2.07. The van der Waals surface area contributed by atoms with Gasteiger partial charge in [0, 0.05) is 15.6 Å². The lowest BCUT2D eigenvalue weighted by molar-refractivity contribution is 0.111. The van der Waals surface area contributed by atoms with Crippen molar-refractivity contribution in [2.75, 3.05) is 13.2 Å². The molecule has 2 aliphatic rings. The summed E-state index contributed by atoms with van der Waals surface area (Å²) in [6, 6.07) is 1.78. The van der Waals surface area contributed by atoms with Crippen molar-refractivity contribution in [3.63, 3.8) is 0 Å². The largest absolute Gasteiger partial charge is 0.486 e. The van der Waals surface area contributed by atoms with Gasteiger partial charge in [0.05, 0.1) is 5.56 Å². The highest BCUT2D eigenvalue weighted by Gasteiger charge is 2.40. The summed E-state index contributed by atoms with van der Waals surface area (Å²) in [6.45, 7) is 0.981. The summed E-state index contributed by atoms with van der Waals surface area (Å²) < 4.78 is 12.1. The molecule has 4 nitrogen and oxygen atoms in total. The number of carbonyl (C=O) groups excluding carboxylic acids is 1. The maximum absolute atomic E-state index is 11.1. The monoisotopic (exact) mass is 311 g/mol. The molecule has 5 heteroatoms. The van der Waals surface area contributed by atoms with Crippen molar-refractivity contribution < 1.29 is 14.3 Å². The zero-order valence-corrected chi connectivity index (χ0v) is 11.5. The standard InChI is InChI=1S/C13H14BrNO3/c14-10-5-8(7-16)11-12(18-4-3-17-11)9(10)6-13(15)1-2-13/h5,7H,1-4,6,15H2. The summed E-state index contributed by atoms with van der Waals surface area (Å²) in [4.78, 5) is 11.1. The zero-order chi connectivity index (χ0) is 12.8. The van der Waals surface area contributed by atoms with Crippen LogP contribution in [0.4, 0.5) is 0 Å². The highest BCUT2D eigenvalue weighted by Crippen LogP contribution is 2.45. The molecule has 3 rings (SSSR count). The van der Waals surface area contributed by atoms with Crippen LogP contribution in [0.2, 0.25) is 0 Å². The van der Waals surface area contributed by atoms with Crippen LogP contribution >= 0.6 is 15.9 Å². The average molecular weight is 312 g/mol. The van der Waals surface area contributed by atoms with Crippen molar-refractivity contribution in [2.24, 2.45) is 5.73 Å². The molecule has 0 amide bonds. The molecule has 1 fully saturated rings. The maximum atomic E-state index is 11.1. The number of carbonyl (C=O) groups is 1. The minimum absolute atomic E-state index is 0.111. The van der Waals surface area contributed by atoms with Gasteiger partial charge in [-0.05, 0) is 25.3 Å². The molecular formula is C13H14BrNO3. The van der Waals surface area contributed by atoms with Crippen LogP contribution in [-0.4, -0.2) is 25.0 Å². The summed E-state index contributed by atoms with van der Waals surface area (Å²) in [7, 11) is 0. The third kappa shape index (κ3) is 2.01. The maximum Gasteiger partial charge on any atom is 0.172 e. The molecule has 1 aliphatic heterocycles. The third-order valence-corrected chi connectivity index (χ3v) is 4.14. The van der Waals surface area contributed by atoms with Crippen LogP contribution in [-0.2, 0) is 6.42 Å². The van der Waals surface area contributed by atoms with Gasteiger partial charge in [0.1, 0.15) is 13.2 Å². The molecule has 2 N–H and O–H groups in total. The molecular weight excluding hydrogens is 298 g/mol. The molecule has 0 spiro atoms. The second-order valence-electron chi connectivity index (χ2n) is 4.94. The molecule has 0 radical (unpaired) electrons. The van der Waals surface area contributed by atoms with Crippen LogP contribution in [0.1, 0.15) is 28.8 Å². The van der Waals surface area contributed by atoms with Gasteiger partial charge in [-0.15, -0.1) is 0 Å². The Morgan fingerprint density at radius 2 is 2.00 bits per heavy atom. The first-order valence-corrected chi connectivity index (χ1v) is 6.77. The lowest BCUT2D eigenvalue weighted by Gasteiger charge is -2.24. The summed E-state index contributed by atoms with van der Waals surface area (Å²) in [6.07, 6.45) is 3.60. The molecule has 96 valence electrons. The summed E-state index contributed by atoms with van der Waals surface area (Å²) in [5.74, 6) is 1.23. The van der Waals surface area contributed by atoms with Crippen molar-refractivity contribution in [3.05, 3.63) is 21.7 Å². The lowest BCUT2D eigenvalue weighted by atomic mass is 10.0. The molecule has 0 aromatic heterocycles. The van der Waals surface area contributed by atoms with Gasteiger partial charge in [-0.25, -0.2) is 0 Å². The number of hydrogen-bond acceptors (Lipinski definition) is 4.